The van der Waals surface area contributed by atoms with Crippen LogP contribution in [0.3, 0.4) is 0 Å². The summed E-state index contributed by atoms with van der Waals surface area (Å²) in [6, 6.07) is 0. The summed E-state index contributed by atoms with van der Waals surface area (Å²) in [4.78, 5) is 9.69. The molecule has 0 aromatic carbocycles. The predicted molar refractivity (Wildman–Crippen MR) is 53.2 cm³/mol. The van der Waals surface area contributed by atoms with Crippen molar-refractivity contribution in [1.82, 2.24) is 0 Å². The van der Waals surface area contributed by atoms with E-state index in [2.05, 4.69) is 10.3 Å². The molecule has 0 unspecified atom stereocenters. The average molecular weight is 200 g/mol. The van der Waals surface area contributed by atoms with E-state index in [4.69, 9.17) is 14.4 Å². The Morgan fingerprint density at radius 2 is 2.14 bits per heavy atom. The van der Waals surface area contributed by atoms with Crippen molar-refractivity contribution >= 4 is 11.6 Å². The van der Waals surface area contributed by atoms with Crippen molar-refractivity contribution in [1.29, 1.82) is 0 Å². The summed E-state index contributed by atoms with van der Waals surface area (Å²) in [6.07, 6.45) is 0. The number of hydrogen-bond donors (Lipinski definition) is 0. The molecule has 1 aliphatic rings. The molecular weight excluding hydrogens is 184 g/mol. The van der Waals surface area contributed by atoms with E-state index in [0.717, 1.165) is 0 Å². The van der Waals surface area contributed by atoms with Crippen molar-refractivity contribution in [3.8, 4) is 0 Å². The Morgan fingerprint density at radius 3 is 2.57 bits per heavy atom. The van der Waals surface area contributed by atoms with E-state index in [-0.39, 0.29) is 5.41 Å². The molecule has 0 aromatic heterocycles. The highest BCUT2D eigenvalue weighted by Crippen LogP contribution is 2.19. The van der Waals surface area contributed by atoms with Gasteiger partial charge in [-0.15, -0.1) is 0 Å². The third-order valence-electron chi connectivity index (χ3n) is 1.66. The molecule has 0 N–H and O–H groups in total. The second-order valence-corrected chi connectivity index (χ2v) is 3.95. The Labute approximate surface area is 83.7 Å². The smallest absolute Gasteiger partial charge is 0.276 e. The van der Waals surface area contributed by atoms with Crippen molar-refractivity contribution in [2.75, 3.05) is 20.3 Å². The van der Waals surface area contributed by atoms with Crippen LogP contribution in [-0.4, -0.2) is 31.9 Å². The van der Waals surface area contributed by atoms with Crippen molar-refractivity contribution in [3.63, 3.8) is 0 Å². The second-order valence-electron chi connectivity index (χ2n) is 3.95. The SMILES string of the molecule is CO/N=C(/C1=NOCCO1)C(C)(C)C. The third-order valence-corrected chi connectivity index (χ3v) is 1.66. The predicted octanol–water partition coefficient (Wildman–Crippen LogP) is 1.40. The molecular formula is C9H16N2O3. The molecule has 0 aliphatic carbocycles. The summed E-state index contributed by atoms with van der Waals surface area (Å²) in [5.74, 6) is 0.408. The number of nitrogens with zero attached hydrogens (tertiary/aromatic N) is 2. The highest BCUT2D eigenvalue weighted by molar-refractivity contribution is 6.40. The van der Waals surface area contributed by atoms with Gasteiger partial charge in [0.1, 0.15) is 13.7 Å². The molecule has 0 amide bonds. The van der Waals surface area contributed by atoms with Gasteiger partial charge in [0.05, 0.1) is 0 Å². The van der Waals surface area contributed by atoms with Gasteiger partial charge in [0.15, 0.2) is 12.3 Å². The van der Waals surface area contributed by atoms with Crippen molar-refractivity contribution in [2.24, 2.45) is 15.7 Å². The first-order valence-electron chi connectivity index (χ1n) is 4.50. The van der Waals surface area contributed by atoms with Crippen molar-refractivity contribution < 1.29 is 14.4 Å². The van der Waals surface area contributed by atoms with Gasteiger partial charge in [0.2, 0.25) is 0 Å². The molecule has 1 rings (SSSR count). The molecule has 14 heavy (non-hydrogen) atoms. The average Bonchev–Trinajstić information content (AvgIpc) is 2.14. The number of rotatable bonds is 2. The fourth-order valence-corrected chi connectivity index (χ4v) is 1.01. The zero-order valence-electron chi connectivity index (χ0n) is 9.03. The lowest BCUT2D eigenvalue weighted by molar-refractivity contribution is 0.0664. The topological polar surface area (TPSA) is 52.4 Å². The van der Waals surface area contributed by atoms with E-state index < -0.39 is 0 Å². The maximum atomic E-state index is 5.33. The summed E-state index contributed by atoms with van der Waals surface area (Å²) in [5, 5.41) is 7.70. The van der Waals surface area contributed by atoms with Gasteiger partial charge in [-0.25, -0.2) is 0 Å². The largest absolute Gasteiger partial charge is 0.470 e. The molecule has 0 bridgehead atoms. The Morgan fingerprint density at radius 1 is 1.43 bits per heavy atom. The fourth-order valence-electron chi connectivity index (χ4n) is 1.01. The summed E-state index contributed by atoms with van der Waals surface area (Å²) in [6.45, 7) is 6.99. The van der Waals surface area contributed by atoms with E-state index in [0.29, 0.717) is 24.8 Å². The molecule has 1 heterocycles. The Kier molecular flexibility index (Phi) is 3.33. The van der Waals surface area contributed by atoms with Gasteiger partial charge in [0, 0.05) is 5.41 Å². The van der Waals surface area contributed by atoms with E-state index in [1.54, 1.807) is 0 Å². The summed E-state index contributed by atoms with van der Waals surface area (Å²) in [5.41, 5.74) is 0.468. The van der Waals surface area contributed by atoms with Gasteiger partial charge < -0.3 is 14.4 Å². The molecule has 0 atom stereocenters. The van der Waals surface area contributed by atoms with Crippen LogP contribution >= 0.6 is 0 Å². The van der Waals surface area contributed by atoms with Crippen LogP contribution in [0.1, 0.15) is 20.8 Å². The maximum absolute atomic E-state index is 5.33. The molecule has 0 saturated carbocycles. The van der Waals surface area contributed by atoms with Crippen LogP contribution in [0.2, 0.25) is 0 Å². The van der Waals surface area contributed by atoms with Gasteiger partial charge in [0.25, 0.3) is 5.90 Å². The van der Waals surface area contributed by atoms with Crippen LogP contribution in [0.15, 0.2) is 10.3 Å². The van der Waals surface area contributed by atoms with Crippen molar-refractivity contribution in [3.05, 3.63) is 0 Å². The van der Waals surface area contributed by atoms with Gasteiger partial charge in [-0.1, -0.05) is 25.9 Å². The van der Waals surface area contributed by atoms with Gasteiger partial charge in [-0.3, -0.25) is 0 Å². The first-order chi connectivity index (χ1) is 6.55. The normalized spacial score (nSPS) is 18.0. The lowest BCUT2D eigenvalue weighted by Gasteiger charge is -2.22. The number of oxime groups is 2. The van der Waals surface area contributed by atoms with Gasteiger partial charge in [-0.05, 0) is 5.16 Å². The minimum absolute atomic E-state index is 0.185. The minimum atomic E-state index is -0.185. The first-order valence-corrected chi connectivity index (χ1v) is 4.50. The molecule has 1 aliphatic heterocycles. The third kappa shape index (κ3) is 2.61. The summed E-state index contributed by atoms with van der Waals surface area (Å²) >= 11 is 0. The van der Waals surface area contributed by atoms with Crippen LogP contribution in [0.5, 0.6) is 0 Å². The molecule has 5 nitrogen and oxygen atoms in total. The molecule has 0 fully saturated rings. The Balaban J connectivity index is 2.88. The van der Waals surface area contributed by atoms with Gasteiger partial charge in [-0.2, -0.15) is 0 Å². The Hall–Kier alpha value is -1.26. The second kappa shape index (κ2) is 4.30. The minimum Gasteiger partial charge on any atom is -0.470 e. The number of ether oxygens (including phenoxy) is 1. The van der Waals surface area contributed by atoms with Crippen LogP contribution in [0.25, 0.3) is 0 Å². The van der Waals surface area contributed by atoms with Crippen LogP contribution < -0.4 is 0 Å². The maximum Gasteiger partial charge on any atom is 0.276 e. The zero-order valence-corrected chi connectivity index (χ0v) is 9.03. The summed E-state index contributed by atoms with van der Waals surface area (Å²) in [7, 11) is 1.50. The molecule has 5 heteroatoms. The molecule has 0 aromatic rings. The number of hydrogen-bond acceptors (Lipinski definition) is 5. The van der Waals surface area contributed by atoms with Crippen molar-refractivity contribution in [2.45, 2.75) is 20.8 Å². The van der Waals surface area contributed by atoms with E-state index in [1.807, 2.05) is 20.8 Å². The van der Waals surface area contributed by atoms with Crippen LogP contribution in [0, 0.1) is 5.41 Å². The molecule has 0 radical (unpaired) electrons. The standard InChI is InChI=1S/C9H16N2O3/c1-9(2,3)7(10-12-4)8-11-14-6-5-13-8/h5-6H2,1-4H3/b10-7-. The highest BCUT2D eigenvalue weighted by atomic mass is 16.7. The van der Waals surface area contributed by atoms with E-state index in [9.17, 15) is 0 Å². The van der Waals surface area contributed by atoms with E-state index in [1.165, 1.54) is 7.11 Å². The van der Waals surface area contributed by atoms with E-state index >= 15 is 0 Å². The summed E-state index contributed by atoms with van der Waals surface area (Å²) < 4.78 is 5.33. The van der Waals surface area contributed by atoms with Crippen LogP contribution in [0.4, 0.5) is 0 Å². The van der Waals surface area contributed by atoms with Crippen LogP contribution in [-0.2, 0) is 14.4 Å². The fraction of sp³-hybridized carbons (Fsp3) is 0.778. The quantitative estimate of drug-likeness (QED) is 0.500. The highest BCUT2D eigenvalue weighted by Gasteiger charge is 2.28. The molecule has 80 valence electrons. The zero-order chi connectivity index (χ0) is 10.6. The lowest BCUT2D eigenvalue weighted by Crippen LogP contribution is -2.33. The Bertz CT molecular complexity index is 253. The van der Waals surface area contributed by atoms with Gasteiger partial charge >= 0.3 is 0 Å². The lowest BCUT2D eigenvalue weighted by atomic mass is 9.90. The monoisotopic (exact) mass is 200 g/mol. The molecule has 0 spiro atoms. The first kappa shape index (κ1) is 10.8. The molecule has 0 saturated heterocycles.